The average Bonchev–Trinajstić information content (AvgIpc) is 2.38. The fourth-order valence-corrected chi connectivity index (χ4v) is 2.21. The third kappa shape index (κ3) is 4.97. The van der Waals surface area contributed by atoms with Crippen LogP contribution >= 0.6 is 0 Å². The standard InChI is InChI=1S/C13H24N2O5/c1-10(2)15(4-3-6-16)13(19)14-5-7-20-11(9-14)8-12(17)18/h10-11,16H,3-9H2,1-2H3,(H,17,18). The summed E-state index contributed by atoms with van der Waals surface area (Å²) in [5.41, 5.74) is 0. The van der Waals surface area contributed by atoms with Gasteiger partial charge in [0.2, 0.25) is 0 Å². The second kappa shape index (κ2) is 8.06. The van der Waals surface area contributed by atoms with Gasteiger partial charge in [-0.05, 0) is 20.3 Å². The fourth-order valence-electron chi connectivity index (χ4n) is 2.21. The second-order valence-corrected chi connectivity index (χ2v) is 5.18. The fraction of sp³-hybridized carbons (Fsp3) is 0.846. The number of hydrogen-bond donors (Lipinski definition) is 2. The van der Waals surface area contributed by atoms with Crippen LogP contribution in [0, 0.1) is 0 Å². The lowest BCUT2D eigenvalue weighted by molar-refractivity contribution is -0.141. The van der Waals surface area contributed by atoms with Crippen molar-refractivity contribution in [1.29, 1.82) is 0 Å². The first kappa shape index (κ1) is 16.7. The first-order valence-corrected chi connectivity index (χ1v) is 6.95. The molecule has 0 spiro atoms. The number of aliphatic carboxylic acids is 1. The maximum atomic E-state index is 12.4. The van der Waals surface area contributed by atoms with Crippen molar-refractivity contribution in [1.82, 2.24) is 9.80 Å². The van der Waals surface area contributed by atoms with E-state index < -0.39 is 12.1 Å². The number of carbonyl (C=O) groups is 2. The molecule has 1 saturated heterocycles. The van der Waals surface area contributed by atoms with Gasteiger partial charge in [0.15, 0.2) is 0 Å². The van der Waals surface area contributed by atoms with Crippen molar-refractivity contribution in [2.45, 2.75) is 38.8 Å². The lowest BCUT2D eigenvalue weighted by atomic mass is 10.2. The maximum absolute atomic E-state index is 12.4. The highest BCUT2D eigenvalue weighted by atomic mass is 16.5. The van der Waals surface area contributed by atoms with Crippen LogP contribution in [-0.2, 0) is 9.53 Å². The van der Waals surface area contributed by atoms with Gasteiger partial charge < -0.3 is 24.7 Å². The van der Waals surface area contributed by atoms with Crippen molar-refractivity contribution in [3.05, 3.63) is 0 Å². The van der Waals surface area contributed by atoms with E-state index in [1.807, 2.05) is 13.8 Å². The quantitative estimate of drug-likeness (QED) is 0.737. The molecule has 0 bridgehead atoms. The normalized spacial score (nSPS) is 19.2. The van der Waals surface area contributed by atoms with Gasteiger partial charge >= 0.3 is 12.0 Å². The molecule has 20 heavy (non-hydrogen) atoms. The van der Waals surface area contributed by atoms with E-state index in [0.717, 1.165) is 0 Å². The van der Waals surface area contributed by atoms with Crippen molar-refractivity contribution < 1.29 is 24.5 Å². The molecule has 1 aliphatic heterocycles. The predicted octanol–water partition coefficient (Wildman–Crippen LogP) is 0.375. The summed E-state index contributed by atoms with van der Waals surface area (Å²) in [5, 5.41) is 17.7. The smallest absolute Gasteiger partial charge is 0.320 e. The van der Waals surface area contributed by atoms with Crippen molar-refractivity contribution in [3.63, 3.8) is 0 Å². The number of nitrogens with zero attached hydrogens (tertiary/aromatic N) is 2. The molecule has 0 aromatic heterocycles. The van der Waals surface area contributed by atoms with E-state index in [0.29, 0.717) is 32.7 Å². The van der Waals surface area contributed by atoms with Crippen LogP contribution in [0.1, 0.15) is 26.7 Å². The highest BCUT2D eigenvalue weighted by Crippen LogP contribution is 2.13. The van der Waals surface area contributed by atoms with Gasteiger partial charge in [-0.3, -0.25) is 4.79 Å². The number of hydrogen-bond acceptors (Lipinski definition) is 4. The molecule has 1 heterocycles. The number of rotatable bonds is 6. The van der Waals surface area contributed by atoms with Gasteiger partial charge in [0.25, 0.3) is 0 Å². The number of aliphatic hydroxyl groups excluding tert-OH is 1. The lowest BCUT2D eigenvalue weighted by Gasteiger charge is -2.37. The molecule has 116 valence electrons. The van der Waals surface area contributed by atoms with Gasteiger partial charge in [-0.2, -0.15) is 0 Å². The topological polar surface area (TPSA) is 90.3 Å². The maximum Gasteiger partial charge on any atom is 0.320 e. The van der Waals surface area contributed by atoms with Crippen LogP contribution in [0.15, 0.2) is 0 Å². The summed E-state index contributed by atoms with van der Waals surface area (Å²) in [6, 6.07) is -0.0815. The van der Waals surface area contributed by atoms with E-state index in [2.05, 4.69) is 0 Å². The minimum Gasteiger partial charge on any atom is -0.481 e. The summed E-state index contributed by atoms with van der Waals surface area (Å²) in [5.74, 6) is -0.926. The molecule has 0 aromatic carbocycles. The Morgan fingerprint density at radius 3 is 2.70 bits per heavy atom. The Morgan fingerprint density at radius 2 is 2.15 bits per heavy atom. The van der Waals surface area contributed by atoms with Gasteiger partial charge in [0, 0.05) is 32.3 Å². The molecular formula is C13H24N2O5. The molecule has 1 fully saturated rings. The molecule has 1 atom stereocenters. The highest BCUT2D eigenvalue weighted by Gasteiger charge is 2.29. The highest BCUT2D eigenvalue weighted by molar-refractivity contribution is 5.75. The van der Waals surface area contributed by atoms with Gasteiger partial charge in [0.1, 0.15) is 0 Å². The number of morpholine rings is 1. The summed E-state index contributed by atoms with van der Waals surface area (Å²) in [6.45, 7) is 5.50. The zero-order valence-corrected chi connectivity index (χ0v) is 12.1. The van der Waals surface area contributed by atoms with E-state index in [9.17, 15) is 9.59 Å². The first-order valence-electron chi connectivity index (χ1n) is 6.95. The Labute approximate surface area is 119 Å². The van der Waals surface area contributed by atoms with Crippen molar-refractivity contribution in [3.8, 4) is 0 Å². The van der Waals surface area contributed by atoms with Crippen LogP contribution in [0.5, 0.6) is 0 Å². The molecular weight excluding hydrogens is 264 g/mol. The van der Waals surface area contributed by atoms with Crippen molar-refractivity contribution >= 4 is 12.0 Å². The Balaban J connectivity index is 2.61. The van der Waals surface area contributed by atoms with E-state index >= 15 is 0 Å². The summed E-state index contributed by atoms with van der Waals surface area (Å²) in [4.78, 5) is 26.5. The Hall–Kier alpha value is -1.34. The van der Waals surface area contributed by atoms with Gasteiger partial charge in [-0.15, -0.1) is 0 Å². The Bertz CT molecular complexity index is 335. The Kier molecular flexibility index (Phi) is 6.74. The molecule has 0 aliphatic carbocycles. The molecule has 7 nitrogen and oxygen atoms in total. The number of carboxylic acids is 1. The van der Waals surface area contributed by atoms with E-state index in [1.165, 1.54) is 0 Å². The summed E-state index contributed by atoms with van der Waals surface area (Å²) in [6.07, 6.45) is -0.00777. The van der Waals surface area contributed by atoms with Crippen LogP contribution in [0.2, 0.25) is 0 Å². The summed E-state index contributed by atoms with van der Waals surface area (Å²) < 4.78 is 5.36. The van der Waals surface area contributed by atoms with Gasteiger partial charge in [-0.1, -0.05) is 0 Å². The molecule has 2 N–H and O–H groups in total. The van der Waals surface area contributed by atoms with Crippen molar-refractivity contribution in [2.24, 2.45) is 0 Å². The largest absolute Gasteiger partial charge is 0.481 e. The van der Waals surface area contributed by atoms with Crippen LogP contribution < -0.4 is 0 Å². The number of urea groups is 1. The minimum absolute atomic E-state index is 0.0369. The van der Waals surface area contributed by atoms with Crippen molar-refractivity contribution in [2.75, 3.05) is 32.8 Å². The van der Waals surface area contributed by atoms with Gasteiger partial charge in [-0.25, -0.2) is 4.79 Å². The summed E-state index contributed by atoms with van der Waals surface area (Å²) >= 11 is 0. The average molecular weight is 288 g/mol. The zero-order valence-electron chi connectivity index (χ0n) is 12.1. The molecule has 2 amide bonds. The molecule has 0 aromatic rings. The van der Waals surface area contributed by atoms with Crippen LogP contribution in [0.25, 0.3) is 0 Å². The minimum atomic E-state index is -0.926. The number of carbonyl (C=O) groups excluding carboxylic acids is 1. The first-order chi connectivity index (χ1) is 9.45. The van der Waals surface area contributed by atoms with Crippen LogP contribution in [0.4, 0.5) is 4.79 Å². The number of carboxylic acid groups (broad SMARTS) is 1. The molecule has 1 aliphatic rings. The SMILES string of the molecule is CC(C)N(CCCO)C(=O)N1CCOC(CC(=O)O)C1. The third-order valence-electron chi connectivity index (χ3n) is 3.24. The zero-order chi connectivity index (χ0) is 15.1. The van der Waals surface area contributed by atoms with E-state index in [1.54, 1.807) is 9.80 Å². The van der Waals surface area contributed by atoms with Crippen LogP contribution in [0.3, 0.4) is 0 Å². The Morgan fingerprint density at radius 1 is 1.45 bits per heavy atom. The predicted molar refractivity (Wildman–Crippen MR) is 72.5 cm³/mol. The second-order valence-electron chi connectivity index (χ2n) is 5.18. The molecule has 7 heteroatoms. The van der Waals surface area contributed by atoms with Gasteiger partial charge in [0.05, 0.1) is 19.1 Å². The lowest BCUT2D eigenvalue weighted by Crippen LogP contribution is -2.53. The third-order valence-corrected chi connectivity index (χ3v) is 3.24. The van der Waals surface area contributed by atoms with Crippen LogP contribution in [-0.4, -0.2) is 77.0 Å². The molecule has 1 rings (SSSR count). The number of amides is 2. The van der Waals surface area contributed by atoms with E-state index in [-0.39, 0.29) is 25.1 Å². The number of ether oxygens (including phenoxy) is 1. The van der Waals surface area contributed by atoms with E-state index in [4.69, 9.17) is 14.9 Å². The molecule has 1 unspecified atom stereocenters. The summed E-state index contributed by atoms with van der Waals surface area (Å²) in [7, 11) is 0. The molecule has 0 saturated carbocycles. The monoisotopic (exact) mass is 288 g/mol. The molecule has 0 radical (unpaired) electrons. The number of aliphatic hydroxyl groups is 1.